The topological polar surface area (TPSA) is 80.0 Å². The maximum atomic E-state index is 13.9. The quantitative estimate of drug-likeness (QED) is 0.752. The highest BCUT2D eigenvalue weighted by molar-refractivity contribution is 6.07. The Morgan fingerprint density at radius 2 is 2.12 bits per heavy atom. The van der Waals surface area contributed by atoms with Crippen LogP contribution < -0.4 is 5.32 Å². The first kappa shape index (κ1) is 16.7. The zero-order valence-corrected chi connectivity index (χ0v) is 14.0. The van der Waals surface area contributed by atoms with Crippen molar-refractivity contribution in [1.29, 1.82) is 0 Å². The average molecular weight is 354 g/mol. The first-order chi connectivity index (χ1) is 12.6. The Kier molecular flexibility index (Phi) is 4.38. The van der Waals surface area contributed by atoms with E-state index < -0.39 is 6.10 Å². The smallest absolute Gasteiger partial charge is 0.252 e. The van der Waals surface area contributed by atoms with Gasteiger partial charge >= 0.3 is 0 Å². The molecule has 2 N–H and O–H groups in total. The molecule has 2 heterocycles. The van der Waals surface area contributed by atoms with E-state index in [-0.39, 0.29) is 23.7 Å². The van der Waals surface area contributed by atoms with E-state index in [1.807, 2.05) is 10.8 Å². The fourth-order valence-electron chi connectivity index (χ4n) is 3.71. The van der Waals surface area contributed by atoms with Crippen LogP contribution in [0.25, 0.3) is 10.8 Å². The number of hydrogen-bond donors (Lipinski definition) is 2. The highest BCUT2D eigenvalue weighted by Gasteiger charge is 2.34. The Hall–Kier alpha value is -2.80. The third kappa shape index (κ3) is 3.17. The predicted octanol–water partition coefficient (Wildman–Crippen LogP) is 2.14. The number of halogens is 1. The summed E-state index contributed by atoms with van der Waals surface area (Å²) in [5.41, 5.74) is 0.361. The molecule has 0 spiro atoms. The van der Waals surface area contributed by atoms with Crippen LogP contribution in [0.2, 0.25) is 0 Å². The lowest BCUT2D eigenvalue weighted by Gasteiger charge is -2.17. The molecule has 1 aliphatic rings. The number of aromatic nitrogens is 3. The molecule has 1 amide bonds. The number of nitrogens with one attached hydrogen (secondary N) is 1. The normalized spacial score (nSPS) is 22.6. The summed E-state index contributed by atoms with van der Waals surface area (Å²) in [5, 5.41) is 14.1. The van der Waals surface area contributed by atoms with Crippen molar-refractivity contribution < 1.29 is 14.3 Å². The van der Waals surface area contributed by atoms with Crippen molar-refractivity contribution in [3.8, 4) is 0 Å². The first-order valence-corrected chi connectivity index (χ1v) is 8.58. The van der Waals surface area contributed by atoms with Crippen LogP contribution in [0.4, 0.5) is 4.39 Å². The Morgan fingerprint density at radius 3 is 2.92 bits per heavy atom. The summed E-state index contributed by atoms with van der Waals surface area (Å²) in [4.78, 5) is 20.7. The summed E-state index contributed by atoms with van der Waals surface area (Å²) in [6.45, 7) is 0.757. The number of carbonyl (C=O) groups excluding carboxylic acids is 1. The lowest BCUT2D eigenvalue weighted by molar-refractivity contribution is 0.0874. The maximum Gasteiger partial charge on any atom is 0.252 e. The standard InChI is InChI=1S/C19H19FN4O2/c20-16-2-1-14(15-9-21-4-3-13(15)16)19(26)23-17-7-12(8-18(17)25)10-24-6-5-22-11-24/h1-6,9,11-12,17-18,25H,7-8,10H2,(H,23,26)/t12?,17-,18-/m1/s1. The average Bonchev–Trinajstić information content (AvgIpc) is 3.26. The van der Waals surface area contributed by atoms with Gasteiger partial charge in [0.1, 0.15) is 5.82 Å². The van der Waals surface area contributed by atoms with Crippen LogP contribution in [0.1, 0.15) is 23.2 Å². The first-order valence-electron chi connectivity index (χ1n) is 8.58. The van der Waals surface area contributed by atoms with E-state index in [9.17, 15) is 14.3 Å². The largest absolute Gasteiger partial charge is 0.391 e. The van der Waals surface area contributed by atoms with Crippen LogP contribution in [0.15, 0.2) is 49.3 Å². The van der Waals surface area contributed by atoms with Gasteiger partial charge in [0.05, 0.1) is 18.5 Å². The molecule has 1 aliphatic carbocycles. The van der Waals surface area contributed by atoms with Gasteiger partial charge in [-0.05, 0) is 37.0 Å². The van der Waals surface area contributed by atoms with E-state index in [1.54, 1.807) is 18.6 Å². The highest BCUT2D eigenvalue weighted by atomic mass is 19.1. The highest BCUT2D eigenvalue weighted by Crippen LogP contribution is 2.28. The number of benzene rings is 1. The number of amides is 1. The number of pyridine rings is 1. The summed E-state index contributed by atoms with van der Waals surface area (Å²) in [7, 11) is 0. The lowest BCUT2D eigenvalue weighted by atomic mass is 10.0. The van der Waals surface area contributed by atoms with Gasteiger partial charge in [0.25, 0.3) is 5.91 Å². The number of nitrogens with zero attached hydrogens (tertiary/aromatic N) is 3. The maximum absolute atomic E-state index is 13.9. The number of fused-ring (bicyclic) bond motifs is 1. The molecule has 26 heavy (non-hydrogen) atoms. The van der Waals surface area contributed by atoms with Crippen molar-refractivity contribution >= 4 is 16.7 Å². The van der Waals surface area contributed by atoms with Crippen molar-refractivity contribution in [3.63, 3.8) is 0 Å². The molecule has 1 fully saturated rings. The number of carbonyl (C=O) groups is 1. The lowest BCUT2D eigenvalue weighted by Crippen LogP contribution is -2.40. The molecule has 134 valence electrons. The van der Waals surface area contributed by atoms with Crippen LogP contribution in [0, 0.1) is 11.7 Å². The monoisotopic (exact) mass is 354 g/mol. The van der Waals surface area contributed by atoms with Crippen LogP contribution in [-0.4, -0.2) is 37.7 Å². The van der Waals surface area contributed by atoms with Gasteiger partial charge in [-0.2, -0.15) is 0 Å². The van der Waals surface area contributed by atoms with E-state index >= 15 is 0 Å². The van der Waals surface area contributed by atoms with Crippen molar-refractivity contribution in [2.24, 2.45) is 5.92 Å². The minimum absolute atomic E-state index is 0.260. The van der Waals surface area contributed by atoms with Crippen LogP contribution >= 0.6 is 0 Å². The number of aliphatic hydroxyl groups is 1. The van der Waals surface area contributed by atoms with E-state index in [4.69, 9.17) is 0 Å². The van der Waals surface area contributed by atoms with Crippen LogP contribution in [-0.2, 0) is 6.54 Å². The molecule has 0 aliphatic heterocycles. The molecule has 1 unspecified atom stereocenters. The number of imidazole rings is 1. The van der Waals surface area contributed by atoms with Gasteiger partial charge in [0.2, 0.25) is 0 Å². The molecule has 6 nitrogen and oxygen atoms in total. The Balaban J connectivity index is 1.49. The van der Waals surface area contributed by atoms with E-state index in [0.29, 0.717) is 29.2 Å². The summed E-state index contributed by atoms with van der Waals surface area (Å²) in [5.74, 6) is -0.452. The molecule has 4 rings (SSSR count). The van der Waals surface area contributed by atoms with Crippen LogP contribution in [0.5, 0.6) is 0 Å². The molecule has 7 heteroatoms. The fourth-order valence-corrected chi connectivity index (χ4v) is 3.71. The van der Waals surface area contributed by atoms with E-state index in [0.717, 1.165) is 6.54 Å². The molecular weight excluding hydrogens is 335 g/mol. The van der Waals surface area contributed by atoms with Crippen molar-refractivity contribution in [1.82, 2.24) is 19.9 Å². The summed E-state index contributed by atoms with van der Waals surface area (Å²) >= 11 is 0. The third-order valence-electron chi connectivity index (χ3n) is 4.98. The molecule has 0 saturated heterocycles. The summed E-state index contributed by atoms with van der Waals surface area (Å²) < 4.78 is 15.9. The van der Waals surface area contributed by atoms with Gasteiger partial charge < -0.3 is 15.0 Å². The minimum atomic E-state index is -0.600. The Bertz CT molecular complexity index is 928. The van der Waals surface area contributed by atoms with Crippen molar-refractivity contribution in [2.45, 2.75) is 31.5 Å². The van der Waals surface area contributed by atoms with Crippen molar-refractivity contribution in [3.05, 3.63) is 60.7 Å². The van der Waals surface area contributed by atoms with Gasteiger partial charge in [-0.15, -0.1) is 0 Å². The second-order valence-electron chi connectivity index (χ2n) is 6.76. The molecule has 2 aromatic heterocycles. The number of aliphatic hydroxyl groups excluding tert-OH is 1. The summed E-state index contributed by atoms with van der Waals surface area (Å²) in [6.07, 6.45) is 9.04. The van der Waals surface area contributed by atoms with E-state index in [1.165, 1.54) is 24.5 Å². The Morgan fingerprint density at radius 1 is 1.23 bits per heavy atom. The second kappa shape index (κ2) is 6.84. The number of rotatable bonds is 4. The zero-order chi connectivity index (χ0) is 18.1. The second-order valence-corrected chi connectivity index (χ2v) is 6.76. The molecule has 3 atom stereocenters. The molecule has 1 aromatic carbocycles. The zero-order valence-electron chi connectivity index (χ0n) is 14.0. The third-order valence-corrected chi connectivity index (χ3v) is 4.98. The molecule has 1 saturated carbocycles. The molecule has 3 aromatic rings. The summed E-state index contributed by atoms with van der Waals surface area (Å²) in [6, 6.07) is 3.96. The fraction of sp³-hybridized carbons (Fsp3) is 0.316. The molecule has 0 bridgehead atoms. The van der Waals surface area contributed by atoms with Gasteiger partial charge in [-0.1, -0.05) is 0 Å². The Labute approximate surface area is 149 Å². The SMILES string of the molecule is O=C(N[C@@H]1CC(Cn2ccnc2)C[C@H]1O)c1ccc(F)c2ccncc12. The molecule has 0 radical (unpaired) electrons. The molecular formula is C19H19FN4O2. The number of hydrogen-bond acceptors (Lipinski definition) is 4. The van der Waals surface area contributed by atoms with Gasteiger partial charge in [-0.25, -0.2) is 9.37 Å². The minimum Gasteiger partial charge on any atom is -0.391 e. The van der Waals surface area contributed by atoms with Gasteiger partial charge in [0, 0.05) is 47.7 Å². The van der Waals surface area contributed by atoms with Gasteiger partial charge in [-0.3, -0.25) is 9.78 Å². The van der Waals surface area contributed by atoms with E-state index in [2.05, 4.69) is 15.3 Å². The van der Waals surface area contributed by atoms with Crippen LogP contribution in [0.3, 0.4) is 0 Å². The van der Waals surface area contributed by atoms with Crippen molar-refractivity contribution in [2.75, 3.05) is 0 Å². The predicted molar refractivity (Wildman–Crippen MR) is 93.9 cm³/mol. The van der Waals surface area contributed by atoms with Gasteiger partial charge in [0.15, 0.2) is 0 Å².